The van der Waals surface area contributed by atoms with Crippen molar-refractivity contribution in [1.29, 1.82) is 0 Å². The van der Waals surface area contributed by atoms with Crippen molar-refractivity contribution in [3.8, 4) is 0 Å². The minimum absolute atomic E-state index is 0.333. The maximum Gasteiger partial charge on any atom is 0.00620 e. The van der Waals surface area contributed by atoms with Crippen LogP contribution in [0, 0.1) is 5.92 Å². The smallest absolute Gasteiger partial charge is 0.00620 e. The fourth-order valence-corrected chi connectivity index (χ4v) is 2.37. The van der Waals surface area contributed by atoms with Crippen LogP contribution in [-0.4, -0.2) is 6.04 Å². The quantitative estimate of drug-likeness (QED) is 0.836. The minimum Gasteiger partial charge on any atom is -0.327 e. The summed E-state index contributed by atoms with van der Waals surface area (Å²) in [5.41, 5.74) is 7.54. The zero-order chi connectivity index (χ0) is 13.0. The molecule has 0 fully saturated rings. The van der Waals surface area contributed by atoms with Gasteiger partial charge in [0.2, 0.25) is 0 Å². The Hall–Kier alpha value is -1.34. The Bertz CT molecular complexity index is 496. The van der Waals surface area contributed by atoms with Gasteiger partial charge in [0.25, 0.3) is 0 Å². The lowest BCUT2D eigenvalue weighted by molar-refractivity contribution is 0.452. The van der Waals surface area contributed by atoms with E-state index in [0.29, 0.717) is 12.0 Å². The molecule has 18 heavy (non-hydrogen) atoms. The van der Waals surface area contributed by atoms with E-state index in [9.17, 15) is 0 Å². The van der Waals surface area contributed by atoms with Gasteiger partial charge in [-0.3, -0.25) is 0 Å². The van der Waals surface area contributed by atoms with Gasteiger partial charge in [0, 0.05) is 6.04 Å². The Balaban J connectivity index is 2.04. The molecule has 2 aromatic rings. The maximum absolute atomic E-state index is 6.09. The van der Waals surface area contributed by atoms with E-state index >= 15 is 0 Å². The van der Waals surface area contributed by atoms with Gasteiger partial charge in [-0.25, -0.2) is 0 Å². The summed E-state index contributed by atoms with van der Waals surface area (Å²) in [6.45, 7) is 4.39. The van der Waals surface area contributed by atoms with Crippen LogP contribution in [0.1, 0.15) is 32.3 Å². The molecule has 96 valence electrons. The summed E-state index contributed by atoms with van der Waals surface area (Å²) in [4.78, 5) is 0. The van der Waals surface area contributed by atoms with Crippen molar-refractivity contribution in [2.75, 3.05) is 0 Å². The molecule has 0 aliphatic heterocycles. The molecule has 0 saturated carbocycles. The van der Waals surface area contributed by atoms with Crippen LogP contribution in [0.2, 0.25) is 0 Å². The highest BCUT2D eigenvalue weighted by Crippen LogP contribution is 2.20. The van der Waals surface area contributed by atoms with Gasteiger partial charge in [0.1, 0.15) is 0 Å². The van der Waals surface area contributed by atoms with E-state index in [0.717, 1.165) is 12.8 Å². The minimum atomic E-state index is 0.333. The van der Waals surface area contributed by atoms with Crippen molar-refractivity contribution in [3.63, 3.8) is 0 Å². The molecule has 1 atom stereocenters. The Morgan fingerprint density at radius 2 is 1.72 bits per heavy atom. The number of fused-ring (bicyclic) bond motifs is 1. The van der Waals surface area contributed by atoms with E-state index in [2.05, 4.69) is 56.3 Å². The van der Waals surface area contributed by atoms with Gasteiger partial charge in [-0.1, -0.05) is 56.3 Å². The zero-order valence-corrected chi connectivity index (χ0v) is 11.4. The molecule has 1 unspecified atom stereocenters. The average Bonchev–Trinajstić information content (AvgIpc) is 2.38. The molecule has 0 spiro atoms. The van der Waals surface area contributed by atoms with Crippen LogP contribution in [0.3, 0.4) is 0 Å². The summed E-state index contributed by atoms with van der Waals surface area (Å²) >= 11 is 0. The number of rotatable bonds is 5. The van der Waals surface area contributed by atoms with Crippen LogP contribution in [0.5, 0.6) is 0 Å². The van der Waals surface area contributed by atoms with Crippen molar-refractivity contribution in [2.45, 2.75) is 39.2 Å². The second-order valence-corrected chi connectivity index (χ2v) is 5.44. The molecule has 0 bridgehead atoms. The summed E-state index contributed by atoms with van der Waals surface area (Å²) < 4.78 is 0. The second-order valence-electron chi connectivity index (χ2n) is 5.44. The molecule has 2 N–H and O–H groups in total. The molecule has 1 heteroatoms. The molecule has 0 saturated heterocycles. The fraction of sp³-hybridized carbons (Fsp3) is 0.412. The third kappa shape index (κ3) is 3.11. The monoisotopic (exact) mass is 241 g/mol. The van der Waals surface area contributed by atoms with E-state index in [1.54, 1.807) is 0 Å². The predicted octanol–water partition coefficient (Wildman–Crippen LogP) is 4.15. The van der Waals surface area contributed by atoms with Gasteiger partial charge in [0.15, 0.2) is 0 Å². The fourth-order valence-electron chi connectivity index (χ4n) is 2.37. The standard InChI is InChI=1S/C17H23N/c1-13(2)17(18)12-6-10-15-9-5-8-14-7-3-4-11-16(14)15/h3-5,7-9,11,13,17H,6,10,12,18H2,1-2H3. The Labute approximate surface area is 110 Å². The Morgan fingerprint density at radius 1 is 1.00 bits per heavy atom. The number of benzene rings is 2. The number of hydrogen-bond donors (Lipinski definition) is 1. The van der Waals surface area contributed by atoms with Crippen LogP contribution < -0.4 is 5.73 Å². The van der Waals surface area contributed by atoms with Crippen LogP contribution in [0.4, 0.5) is 0 Å². The van der Waals surface area contributed by atoms with Crippen molar-refractivity contribution in [3.05, 3.63) is 48.0 Å². The first-order valence-electron chi connectivity index (χ1n) is 6.90. The summed E-state index contributed by atoms with van der Waals surface area (Å²) in [5.74, 6) is 0.581. The number of nitrogens with two attached hydrogens (primary N) is 1. The van der Waals surface area contributed by atoms with Crippen LogP contribution in [0.25, 0.3) is 10.8 Å². The highest BCUT2D eigenvalue weighted by molar-refractivity contribution is 5.85. The Kier molecular flexibility index (Phi) is 4.38. The first-order valence-corrected chi connectivity index (χ1v) is 6.90. The van der Waals surface area contributed by atoms with Gasteiger partial charge in [-0.05, 0) is 41.5 Å². The van der Waals surface area contributed by atoms with Crippen molar-refractivity contribution < 1.29 is 0 Å². The van der Waals surface area contributed by atoms with E-state index < -0.39 is 0 Å². The van der Waals surface area contributed by atoms with Gasteiger partial charge in [-0.2, -0.15) is 0 Å². The number of hydrogen-bond acceptors (Lipinski definition) is 1. The van der Waals surface area contributed by atoms with Crippen LogP contribution in [0.15, 0.2) is 42.5 Å². The van der Waals surface area contributed by atoms with Gasteiger partial charge >= 0.3 is 0 Å². The molecule has 0 aliphatic rings. The van der Waals surface area contributed by atoms with Crippen LogP contribution in [-0.2, 0) is 6.42 Å². The molecule has 2 aromatic carbocycles. The molecule has 0 heterocycles. The van der Waals surface area contributed by atoms with Crippen molar-refractivity contribution in [1.82, 2.24) is 0 Å². The van der Waals surface area contributed by atoms with Gasteiger partial charge < -0.3 is 5.73 Å². The van der Waals surface area contributed by atoms with Crippen molar-refractivity contribution in [2.24, 2.45) is 11.7 Å². The third-order valence-corrected chi connectivity index (χ3v) is 3.72. The van der Waals surface area contributed by atoms with Gasteiger partial charge in [0.05, 0.1) is 0 Å². The van der Waals surface area contributed by atoms with E-state index in [1.807, 2.05) is 0 Å². The lowest BCUT2D eigenvalue weighted by Crippen LogP contribution is -2.26. The largest absolute Gasteiger partial charge is 0.327 e. The van der Waals surface area contributed by atoms with Crippen LogP contribution >= 0.6 is 0 Å². The molecule has 0 aromatic heterocycles. The molecule has 0 radical (unpaired) electrons. The third-order valence-electron chi connectivity index (χ3n) is 3.72. The zero-order valence-electron chi connectivity index (χ0n) is 11.4. The first-order chi connectivity index (χ1) is 8.68. The molecular formula is C17H23N. The van der Waals surface area contributed by atoms with E-state index in [-0.39, 0.29) is 0 Å². The van der Waals surface area contributed by atoms with E-state index in [1.165, 1.54) is 22.8 Å². The first kappa shape index (κ1) is 13.1. The lowest BCUT2D eigenvalue weighted by atomic mass is 9.95. The van der Waals surface area contributed by atoms with Gasteiger partial charge in [-0.15, -0.1) is 0 Å². The average molecular weight is 241 g/mol. The molecule has 0 aliphatic carbocycles. The number of aryl methyl sites for hydroxylation is 1. The normalized spacial score (nSPS) is 13.1. The summed E-state index contributed by atoms with van der Waals surface area (Å²) in [7, 11) is 0. The highest BCUT2D eigenvalue weighted by atomic mass is 14.6. The highest BCUT2D eigenvalue weighted by Gasteiger charge is 2.07. The maximum atomic E-state index is 6.09. The topological polar surface area (TPSA) is 26.0 Å². The molecular weight excluding hydrogens is 218 g/mol. The molecule has 0 amide bonds. The SMILES string of the molecule is CC(C)C(N)CCCc1cccc2ccccc12. The summed E-state index contributed by atoms with van der Waals surface area (Å²) in [5, 5.41) is 2.72. The Morgan fingerprint density at radius 3 is 2.50 bits per heavy atom. The van der Waals surface area contributed by atoms with Crippen molar-refractivity contribution >= 4 is 10.8 Å². The molecule has 2 rings (SSSR count). The summed E-state index contributed by atoms with van der Waals surface area (Å²) in [6, 6.07) is 15.5. The summed E-state index contributed by atoms with van der Waals surface area (Å²) in [6.07, 6.45) is 3.41. The lowest BCUT2D eigenvalue weighted by Gasteiger charge is -2.15. The van der Waals surface area contributed by atoms with E-state index in [4.69, 9.17) is 5.73 Å². The second kappa shape index (κ2) is 6.01. The molecule has 1 nitrogen and oxygen atoms in total. The predicted molar refractivity (Wildman–Crippen MR) is 79.7 cm³/mol.